The van der Waals surface area contributed by atoms with Crippen LogP contribution in [-0.2, 0) is 31.1 Å². The second-order valence-electron chi connectivity index (χ2n) is 3.44. The topological polar surface area (TPSA) is 118 Å². The zero-order chi connectivity index (χ0) is 13.8. The fourth-order valence-corrected chi connectivity index (χ4v) is 2.47. The van der Waals surface area contributed by atoms with Crippen molar-refractivity contribution in [1.82, 2.24) is 0 Å². The molecule has 0 aromatic heterocycles. The molecule has 0 fully saturated rings. The molecule has 0 atom stereocenters. The first kappa shape index (κ1) is 15.1. The average molecular weight is 296 g/mol. The molecule has 0 heterocycles. The first-order chi connectivity index (χ1) is 8.20. The molecule has 0 saturated heterocycles. The van der Waals surface area contributed by atoms with Gasteiger partial charge in [0.05, 0.1) is 11.5 Å². The Morgan fingerprint density at radius 1 is 1.06 bits per heavy atom. The van der Waals surface area contributed by atoms with E-state index in [9.17, 15) is 16.8 Å². The van der Waals surface area contributed by atoms with E-state index in [0.717, 1.165) is 0 Å². The van der Waals surface area contributed by atoms with Crippen LogP contribution in [0, 0.1) is 0 Å². The smallest absolute Gasteiger partial charge is 0.282 e. The van der Waals surface area contributed by atoms with Gasteiger partial charge in [-0.05, 0) is 24.5 Å². The van der Waals surface area contributed by atoms with E-state index in [-0.39, 0.29) is 24.3 Å². The summed E-state index contributed by atoms with van der Waals surface area (Å²) in [7, 11) is -8.79. The van der Waals surface area contributed by atoms with Crippen LogP contribution in [0.4, 0.5) is 0 Å². The molecule has 1 aromatic carbocycles. The maximum Gasteiger partial charge on any atom is 0.397 e. The molecule has 0 radical (unpaired) electrons. The summed E-state index contributed by atoms with van der Waals surface area (Å²) in [6.07, 6.45) is 0.359. The highest BCUT2D eigenvalue weighted by molar-refractivity contribution is 7.85. The van der Waals surface area contributed by atoms with Crippen molar-refractivity contribution in [3.63, 3.8) is 0 Å². The number of aryl methyl sites for hydroxylation is 1. The highest BCUT2D eigenvalue weighted by Gasteiger charge is 2.14. The Kier molecular flexibility index (Phi) is 4.82. The molecule has 0 amide bonds. The molecule has 9 heteroatoms. The van der Waals surface area contributed by atoms with Gasteiger partial charge < -0.3 is 0 Å². The maximum absolute atomic E-state index is 11.0. The van der Waals surface area contributed by atoms with Gasteiger partial charge in [0.2, 0.25) is 0 Å². The first-order valence-electron chi connectivity index (χ1n) is 4.87. The van der Waals surface area contributed by atoms with Crippen LogP contribution in [0.2, 0.25) is 0 Å². The summed E-state index contributed by atoms with van der Waals surface area (Å²) in [4.78, 5) is -0.225. The first-order valence-corrected chi connectivity index (χ1v) is 7.68. The van der Waals surface area contributed by atoms with Crippen molar-refractivity contribution >= 4 is 20.5 Å². The number of benzene rings is 1. The third-order valence-corrected chi connectivity index (χ3v) is 3.49. The highest BCUT2D eigenvalue weighted by Crippen LogP contribution is 2.16. The van der Waals surface area contributed by atoms with Gasteiger partial charge in [0, 0.05) is 0 Å². The van der Waals surface area contributed by atoms with Gasteiger partial charge in [-0.25, -0.2) is 4.18 Å². The molecule has 0 spiro atoms. The fraction of sp³-hybridized carbons (Fsp3) is 0.333. The van der Waals surface area contributed by atoms with Crippen LogP contribution >= 0.6 is 0 Å². The van der Waals surface area contributed by atoms with Crippen molar-refractivity contribution in [1.29, 1.82) is 0 Å². The fourth-order valence-electron chi connectivity index (χ4n) is 1.39. The van der Waals surface area contributed by atoms with Crippen molar-refractivity contribution in [3.8, 4) is 0 Å². The zero-order valence-corrected chi connectivity index (χ0v) is 10.8. The van der Waals surface area contributed by atoms with E-state index in [1.165, 1.54) is 18.2 Å². The van der Waals surface area contributed by atoms with E-state index in [2.05, 4.69) is 4.18 Å². The average Bonchev–Trinajstić information content (AvgIpc) is 2.22. The standard InChI is InChI=1S/C9H12O7S2/c10-17(11,12)9-6-2-1-4-8(9)5-3-7-16-18(13,14)15/h1-2,4,6H,3,5,7H2,(H,10,11,12)(H,13,14,15). The molecule has 0 bridgehead atoms. The number of hydrogen-bond acceptors (Lipinski definition) is 5. The lowest BCUT2D eigenvalue weighted by Crippen LogP contribution is -2.07. The molecule has 0 aliphatic rings. The maximum atomic E-state index is 11.0. The summed E-state index contributed by atoms with van der Waals surface area (Å²) in [6, 6.07) is 5.79. The van der Waals surface area contributed by atoms with Crippen molar-refractivity contribution in [2.45, 2.75) is 17.7 Å². The third-order valence-electron chi connectivity index (χ3n) is 2.07. The summed E-state index contributed by atoms with van der Waals surface area (Å²) < 4.78 is 64.0. The van der Waals surface area contributed by atoms with Gasteiger partial charge in [0.25, 0.3) is 10.1 Å². The molecule has 18 heavy (non-hydrogen) atoms. The van der Waals surface area contributed by atoms with Gasteiger partial charge >= 0.3 is 10.4 Å². The summed E-state index contributed by atoms with van der Waals surface area (Å²) in [5.74, 6) is 0. The second-order valence-corrected chi connectivity index (χ2v) is 5.92. The minimum Gasteiger partial charge on any atom is -0.282 e. The largest absolute Gasteiger partial charge is 0.397 e. The highest BCUT2D eigenvalue weighted by atomic mass is 32.3. The number of rotatable bonds is 6. The van der Waals surface area contributed by atoms with E-state index in [4.69, 9.17) is 9.11 Å². The molecule has 0 unspecified atom stereocenters. The van der Waals surface area contributed by atoms with Gasteiger partial charge in [-0.1, -0.05) is 18.2 Å². The molecular weight excluding hydrogens is 284 g/mol. The third kappa shape index (κ3) is 5.10. The summed E-state index contributed by atoms with van der Waals surface area (Å²) in [5.41, 5.74) is 0.346. The van der Waals surface area contributed by atoms with Crippen molar-refractivity contribution in [3.05, 3.63) is 29.8 Å². The lowest BCUT2D eigenvalue weighted by molar-refractivity contribution is 0.265. The summed E-state index contributed by atoms with van der Waals surface area (Å²) in [6.45, 7) is -0.279. The van der Waals surface area contributed by atoms with E-state index in [1.807, 2.05) is 0 Å². The minimum absolute atomic E-state index is 0.173. The van der Waals surface area contributed by atoms with Crippen molar-refractivity contribution < 1.29 is 30.1 Å². The van der Waals surface area contributed by atoms with Gasteiger partial charge in [-0.2, -0.15) is 16.8 Å². The molecule has 1 aromatic rings. The quantitative estimate of drug-likeness (QED) is 0.585. The van der Waals surface area contributed by atoms with Gasteiger partial charge in [-0.15, -0.1) is 0 Å². The SMILES string of the molecule is O=S(=O)(O)OCCCc1ccccc1S(=O)(=O)O. The molecule has 1 rings (SSSR count). The van der Waals surface area contributed by atoms with Crippen molar-refractivity contribution in [2.24, 2.45) is 0 Å². The van der Waals surface area contributed by atoms with E-state index in [0.29, 0.717) is 5.56 Å². The second kappa shape index (κ2) is 5.76. The summed E-state index contributed by atoms with van der Waals surface area (Å²) in [5, 5.41) is 0. The molecule has 102 valence electrons. The Labute approximate surface area is 105 Å². The molecule has 0 aliphatic carbocycles. The Morgan fingerprint density at radius 3 is 2.22 bits per heavy atom. The van der Waals surface area contributed by atoms with Crippen LogP contribution in [0.3, 0.4) is 0 Å². The monoisotopic (exact) mass is 296 g/mol. The van der Waals surface area contributed by atoms with Crippen LogP contribution in [0.15, 0.2) is 29.2 Å². The predicted octanol–water partition coefficient (Wildman–Crippen LogP) is 0.685. The van der Waals surface area contributed by atoms with Crippen LogP contribution in [0.1, 0.15) is 12.0 Å². The van der Waals surface area contributed by atoms with E-state index >= 15 is 0 Å². The molecule has 2 N–H and O–H groups in total. The van der Waals surface area contributed by atoms with E-state index < -0.39 is 20.5 Å². The van der Waals surface area contributed by atoms with Gasteiger partial charge in [0.15, 0.2) is 0 Å². The molecule has 7 nitrogen and oxygen atoms in total. The van der Waals surface area contributed by atoms with Crippen LogP contribution in [-0.4, -0.2) is 32.5 Å². The Hall–Kier alpha value is -1.00. The van der Waals surface area contributed by atoms with Gasteiger partial charge in [0.1, 0.15) is 0 Å². The lowest BCUT2D eigenvalue weighted by atomic mass is 10.1. The molecular formula is C9H12O7S2. The Bertz CT molecular complexity index is 604. The van der Waals surface area contributed by atoms with Crippen LogP contribution in [0.5, 0.6) is 0 Å². The van der Waals surface area contributed by atoms with Crippen LogP contribution < -0.4 is 0 Å². The zero-order valence-electron chi connectivity index (χ0n) is 9.18. The number of hydrogen-bond donors (Lipinski definition) is 2. The minimum atomic E-state index is -4.48. The normalized spacial score (nSPS) is 12.6. The predicted molar refractivity (Wildman–Crippen MR) is 62.1 cm³/mol. The molecule has 0 aliphatic heterocycles. The van der Waals surface area contributed by atoms with Crippen LogP contribution in [0.25, 0.3) is 0 Å². The van der Waals surface area contributed by atoms with E-state index in [1.54, 1.807) is 6.07 Å². The lowest BCUT2D eigenvalue weighted by Gasteiger charge is -2.06. The van der Waals surface area contributed by atoms with Crippen molar-refractivity contribution in [2.75, 3.05) is 6.61 Å². The molecule has 0 saturated carbocycles. The summed E-state index contributed by atoms with van der Waals surface area (Å²) >= 11 is 0. The Morgan fingerprint density at radius 2 is 1.67 bits per heavy atom. The van der Waals surface area contributed by atoms with Gasteiger partial charge in [-0.3, -0.25) is 9.11 Å². The Balaban J connectivity index is 2.69.